The highest BCUT2D eigenvalue weighted by Crippen LogP contribution is 2.20. The molecular formula is C11H11Cl2N3O2. The molecule has 0 N–H and O–H groups in total. The Balaban J connectivity index is 2.16. The Bertz CT molecular complexity index is 507. The average Bonchev–Trinajstić information content (AvgIpc) is 2.35. The molecule has 0 radical (unpaired) electrons. The van der Waals surface area contributed by atoms with Gasteiger partial charge in [0.1, 0.15) is 11.7 Å². The van der Waals surface area contributed by atoms with E-state index < -0.39 is 0 Å². The SMILES string of the molecule is CN1CCN(C(=O)c2cnc(Cl)c(Cl)c2)CC1=O. The molecule has 2 amide bonds. The number of amides is 2. The van der Waals surface area contributed by atoms with Crippen LogP contribution in [0.5, 0.6) is 0 Å². The highest BCUT2D eigenvalue weighted by Gasteiger charge is 2.26. The van der Waals surface area contributed by atoms with Gasteiger partial charge in [0.25, 0.3) is 5.91 Å². The molecule has 1 saturated heterocycles. The first-order valence-corrected chi connectivity index (χ1v) is 6.09. The Hall–Kier alpha value is -1.33. The fourth-order valence-electron chi connectivity index (χ4n) is 1.65. The molecule has 2 rings (SSSR count). The smallest absolute Gasteiger partial charge is 0.256 e. The number of pyridine rings is 1. The van der Waals surface area contributed by atoms with Gasteiger partial charge in [0.15, 0.2) is 0 Å². The van der Waals surface area contributed by atoms with Crippen LogP contribution in [0.25, 0.3) is 0 Å². The third-order valence-electron chi connectivity index (χ3n) is 2.79. The van der Waals surface area contributed by atoms with E-state index in [1.807, 2.05) is 0 Å². The first-order valence-electron chi connectivity index (χ1n) is 5.33. The van der Waals surface area contributed by atoms with E-state index >= 15 is 0 Å². The van der Waals surface area contributed by atoms with Gasteiger partial charge in [-0.3, -0.25) is 9.59 Å². The molecule has 1 aromatic rings. The predicted molar refractivity (Wildman–Crippen MR) is 67.8 cm³/mol. The molecular weight excluding hydrogens is 277 g/mol. The summed E-state index contributed by atoms with van der Waals surface area (Å²) in [4.78, 5) is 30.5. The van der Waals surface area contributed by atoms with Crippen LogP contribution in [0.2, 0.25) is 10.2 Å². The highest BCUT2D eigenvalue weighted by molar-refractivity contribution is 6.41. The fourth-order valence-corrected chi connectivity index (χ4v) is 1.92. The number of hydrogen-bond acceptors (Lipinski definition) is 3. The molecule has 1 aliphatic heterocycles. The Morgan fingerprint density at radius 1 is 1.39 bits per heavy atom. The summed E-state index contributed by atoms with van der Waals surface area (Å²) in [5.41, 5.74) is 0.335. The molecule has 1 aliphatic rings. The molecule has 0 unspecified atom stereocenters. The zero-order chi connectivity index (χ0) is 13.3. The average molecular weight is 288 g/mol. The molecule has 1 aromatic heterocycles. The zero-order valence-electron chi connectivity index (χ0n) is 9.69. The van der Waals surface area contributed by atoms with Crippen molar-refractivity contribution in [2.24, 2.45) is 0 Å². The van der Waals surface area contributed by atoms with Crippen LogP contribution in [0.15, 0.2) is 12.3 Å². The number of nitrogens with zero attached hydrogens (tertiary/aromatic N) is 3. The maximum absolute atomic E-state index is 12.1. The van der Waals surface area contributed by atoms with E-state index in [2.05, 4.69) is 4.98 Å². The van der Waals surface area contributed by atoms with Gasteiger partial charge in [0, 0.05) is 26.3 Å². The van der Waals surface area contributed by atoms with Crippen LogP contribution in [0.4, 0.5) is 0 Å². The van der Waals surface area contributed by atoms with E-state index in [0.29, 0.717) is 18.7 Å². The van der Waals surface area contributed by atoms with Crippen molar-refractivity contribution >= 4 is 35.0 Å². The van der Waals surface area contributed by atoms with E-state index in [-0.39, 0.29) is 28.5 Å². The number of rotatable bonds is 1. The van der Waals surface area contributed by atoms with E-state index in [1.165, 1.54) is 17.2 Å². The number of carbonyl (C=O) groups is 2. The molecule has 0 bridgehead atoms. The minimum Gasteiger partial charge on any atom is -0.342 e. The predicted octanol–water partition coefficient (Wildman–Crippen LogP) is 1.30. The lowest BCUT2D eigenvalue weighted by Crippen LogP contribution is -2.50. The van der Waals surface area contributed by atoms with Gasteiger partial charge in [0.2, 0.25) is 5.91 Å². The number of likely N-dealkylation sites (N-methyl/N-ethyl adjacent to an activating group) is 1. The molecule has 0 spiro atoms. The first-order chi connectivity index (χ1) is 8.49. The Morgan fingerprint density at radius 2 is 2.11 bits per heavy atom. The third-order valence-corrected chi connectivity index (χ3v) is 3.47. The molecule has 18 heavy (non-hydrogen) atoms. The van der Waals surface area contributed by atoms with E-state index in [4.69, 9.17) is 23.2 Å². The Morgan fingerprint density at radius 3 is 2.72 bits per heavy atom. The summed E-state index contributed by atoms with van der Waals surface area (Å²) >= 11 is 11.5. The van der Waals surface area contributed by atoms with Crippen LogP contribution in [-0.4, -0.2) is 53.3 Å². The van der Waals surface area contributed by atoms with E-state index in [0.717, 1.165) is 0 Å². The molecule has 96 valence electrons. The number of carbonyl (C=O) groups excluding carboxylic acids is 2. The minimum atomic E-state index is -0.262. The first kappa shape index (κ1) is 13.1. The summed E-state index contributed by atoms with van der Waals surface area (Å²) < 4.78 is 0. The molecule has 1 fully saturated rings. The second kappa shape index (κ2) is 5.12. The fraction of sp³-hybridized carbons (Fsp3) is 0.364. The molecule has 2 heterocycles. The maximum atomic E-state index is 12.1. The Labute approximate surface area is 114 Å². The quantitative estimate of drug-likeness (QED) is 0.732. The van der Waals surface area contributed by atoms with Gasteiger partial charge in [0.05, 0.1) is 10.6 Å². The topological polar surface area (TPSA) is 53.5 Å². The number of hydrogen-bond donors (Lipinski definition) is 0. The second-order valence-corrected chi connectivity index (χ2v) is 4.80. The van der Waals surface area contributed by atoms with Crippen LogP contribution in [0, 0.1) is 0 Å². The van der Waals surface area contributed by atoms with Gasteiger partial charge in [-0.2, -0.15) is 0 Å². The van der Waals surface area contributed by atoms with Crippen molar-refractivity contribution < 1.29 is 9.59 Å². The molecule has 0 atom stereocenters. The summed E-state index contributed by atoms with van der Waals surface area (Å²) in [7, 11) is 1.71. The van der Waals surface area contributed by atoms with Gasteiger partial charge in [-0.05, 0) is 6.07 Å². The van der Waals surface area contributed by atoms with Crippen LogP contribution in [-0.2, 0) is 4.79 Å². The number of halogens is 2. The molecule has 7 heteroatoms. The largest absolute Gasteiger partial charge is 0.342 e. The lowest BCUT2D eigenvalue weighted by Gasteiger charge is -2.31. The van der Waals surface area contributed by atoms with Crippen molar-refractivity contribution in [3.8, 4) is 0 Å². The van der Waals surface area contributed by atoms with Crippen molar-refractivity contribution in [1.29, 1.82) is 0 Å². The van der Waals surface area contributed by atoms with Gasteiger partial charge in [-0.25, -0.2) is 4.98 Å². The van der Waals surface area contributed by atoms with Crippen molar-refractivity contribution in [2.45, 2.75) is 0 Å². The second-order valence-electron chi connectivity index (χ2n) is 4.04. The van der Waals surface area contributed by atoms with Gasteiger partial charge < -0.3 is 9.80 Å². The highest BCUT2D eigenvalue weighted by atomic mass is 35.5. The summed E-state index contributed by atoms with van der Waals surface area (Å²) in [6.07, 6.45) is 1.36. The van der Waals surface area contributed by atoms with Gasteiger partial charge in [-0.1, -0.05) is 23.2 Å². The molecule has 0 aromatic carbocycles. The summed E-state index contributed by atoms with van der Waals surface area (Å²) in [6.45, 7) is 1.11. The Kier molecular flexibility index (Phi) is 3.73. The van der Waals surface area contributed by atoms with E-state index in [1.54, 1.807) is 11.9 Å². The monoisotopic (exact) mass is 287 g/mol. The van der Waals surface area contributed by atoms with Crippen LogP contribution in [0.3, 0.4) is 0 Å². The normalized spacial score (nSPS) is 16.1. The minimum absolute atomic E-state index is 0.0789. The third kappa shape index (κ3) is 2.57. The van der Waals surface area contributed by atoms with Crippen molar-refractivity contribution in [3.63, 3.8) is 0 Å². The van der Waals surface area contributed by atoms with Crippen molar-refractivity contribution in [1.82, 2.24) is 14.8 Å². The zero-order valence-corrected chi connectivity index (χ0v) is 11.2. The standard InChI is InChI=1S/C11H11Cl2N3O2/c1-15-2-3-16(6-9(15)17)11(18)7-4-8(12)10(13)14-5-7/h4-5H,2-3,6H2,1H3. The number of aromatic nitrogens is 1. The van der Waals surface area contributed by atoms with Crippen molar-refractivity contribution in [2.75, 3.05) is 26.7 Å². The van der Waals surface area contributed by atoms with Crippen LogP contribution < -0.4 is 0 Å². The molecule has 0 saturated carbocycles. The van der Waals surface area contributed by atoms with Gasteiger partial charge in [-0.15, -0.1) is 0 Å². The lowest BCUT2D eigenvalue weighted by atomic mass is 10.2. The van der Waals surface area contributed by atoms with Gasteiger partial charge >= 0.3 is 0 Å². The van der Waals surface area contributed by atoms with E-state index in [9.17, 15) is 9.59 Å². The summed E-state index contributed by atoms with van der Waals surface area (Å²) in [5, 5.41) is 0.380. The summed E-state index contributed by atoms with van der Waals surface area (Å²) in [5.74, 6) is -0.342. The van der Waals surface area contributed by atoms with Crippen LogP contribution >= 0.6 is 23.2 Å². The molecule has 0 aliphatic carbocycles. The van der Waals surface area contributed by atoms with Crippen LogP contribution in [0.1, 0.15) is 10.4 Å². The number of piperazine rings is 1. The lowest BCUT2D eigenvalue weighted by molar-refractivity contribution is -0.133. The van der Waals surface area contributed by atoms with Crippen molar-refractivity contribution in [3.05, 3.63) is 28.0 Å². The molecule has 5 nitrogen and oxygen atoms in total. The summed E-state index contributed by atoms with van der Waals surface area (Å²) in [6, 6.07) is 1.46. The maximum Gasteiger partial charge on any atom is 0.256 e.